The van der Waals surface area contributed by atoms with E-state index in [-0.39, 0.29) is 5.75 Å². The minimum absolute atomic E-state index is 0.0827. The van der Waals surface area contributed by atoms with E-state index in [4.69, 9.17) is 10.5 Å². The first kappa shape index (κ1) is 15.6. The lowest BCUT2D eigenvalue weighted by molar-refractivity contribution is 0.0272. The van der Waals surface area contributed by atoms with Crippen molar-refractivity contribution in [3.63, 3.8) is 0 Å². The molecular weight excluding hydrogens is 298 g/mol. The van der Waals surface area contributed by atoms with E-state index in [1.54, 1.807) is 5.01 Å². The van der Waals surface area contributed by atoms with Crippen molar-refractivity contribution >= 4 is 27.5 Å². The Labute approximate surface area is 123 Å². The fraction of sp³-hybridized carbons (Fsp3) is 0.500. The Morgan fingerprint density at radius 3 is 2.55 bits per heavy atom. The van der Waals surface area contributed by atoms with Crippen molar-refractivity contribution in [2.24, 2.45) is 0 Å². The van der Waals surface area contributed by atoms with Gasteiger partial charge in [-0.25, -0.2) is 13.4 Å². The van der Waals surface area contributed by atoms with Crippen molar-refractivity contribution in [2.75, 3.05) is 43.5 Å². The number of sulfonamides is 1. The molecule has 3 N–H and O–H groups in total. The van der Waals surface area contributed by atoms with E-state index in [9.17, 15) is 8.42 Å². The van der Waals surface area contributed by atoms with Crippen LogP contribution in [0.15, 0.2) is 29.2 Å². The SMILES string of the molecule is Nc1ccc(SCCS(=O)(=O)NN2CCOCC2)cc1. The van der Waals surface area contributed by atoms with E-state index in [0.717, 1.165) is 4.90 Å². The maximum absolute atomic E-state index is 11.9. The van der Waals surface area contributed by atoms with Gasteiger partial charge in [-0.05, 0) is 24.3 Å². The highest BCUT2D eigenvalue weighted by Gasteiger charge is 2.17. The molecular formula is C12H19N3O3S2. The Kier molecular flexibility index (Phi) is 5.67. The smallest absolute Gasteiger partial charge is 0.225 e. The largest absolute Gasteiger partial charge is 0.399 e. The fourth-order valence-electron chi connectivity index (χ4n) is 1.73. The Bertz CT molecular complexity index is 513. The Balaban J connectivity index is 1.75. The minimum atomic E-state index is -3.28. The summed E-state index contributed by atoms with van der Waals surface area (Å²) in [5, 5.41) is 1.69. The molecule has 2 rings (SSSR count). The average Bonchev–Trinajstić information content (AvgIpc) is 2.41. The molecule has 1 aromatic carbocycles. The molecule has 0 radical (unpaired) electrons. The van der Waals surface area contributed by atoms with Crippen LogP contribution >= 0.6 is 11.8 Å². The maximum atomic E-state index is 11.9. The van der Waals surface area contributed by atoms with Crippen LogP contribution in [0.25, 0.3) is 0 Å². The van der Waals surface area contributed by atoms with Crippen LogP contribution in [0.3, 0.4) is 0 Å². The number of ether oxygens (including phenoxy) is 1. The first-order valence-corrected chi connectivity index (χ1v) is 9.00. The van der Waals surface area contributed by atoms with Crippen LogP contribution in [0, 0.1) is 0 Å². The number of hydrogen-bond acceptors (Lipinski definition) is 6. The minimum Gasteiger partial charge on any atom is -0.399 e. The molecule has 0 amide bonds. The van der Waals surface area contributed by atoms with Gasteiger partial charge >= 0.3 is 0 Å². The van der Waals surface area contributed by atoms with E-state index in [2.05, 4.69) is 4.83 Å². The van der Waals surface area contributed by atoms with Crippen molar-refractivity contribution in [2.45, 2.75) is 4.90 Å². The number of rotatable bonds is 6. The molecule has 112 valence electrons. The molecule has 1 saturated heterocycles. The summed E-state index contributed by atoms with van der Waals surface area (Å²) in [6, 6.07) is 7.40. The van der Waals surface area contributed by atoms with Crippen LogP contribution in [0.5, 0.6) is 0 Å². The van der Waals surface area contributed by atoms with Gasteiger partial charge in [0, 0.05) is 29.4 Å². The standard InChI is InChI=1S/C12H19N3O3S2/c13-11-1-3-12(4-2-11)19-9-10-20(16,17)14-15-5-7-18-8-6-15/h1-4,14H,5-10,13H2. The number of nitrogen functional groups attached to an aromatic ring is 1. The maximum Gasteiger partial charge on any atom is 0.225 e. The highest BCUT2D eigenvalue weighted by Crippen LogP contribution is 2.19. The van der Waals surface area contributed by atoms with Gasteiger partial charge in [0.05, 0.1) is 19.0 Å². The van der Waals surface area contributed by atoms with E-state index < -0.39 is 10.0 Å². The van der Waals surface area contributed by atoms with Gasteiger partial charge in [-0.15, -0.1) is 16.6 Å². The van der Waals surface area contributed by atoms with E-state index in [1.165, 1.54) is 11.8 Å². The molecule has 0 saturated carbocycles. The quantitative estimate of drug-likeness (QED) is 0.588. The first-order valence-electron chi connectivity index (χ1n) is 6.36. The Hall–Kier alpha value is -0.800. The second-order valence-electron chi connectivity index (χ2n) is 4.43. The number of morpholine rings is 1. The lowest BCUT2D eigenvalue weighted by Gasteiger charge is -2.26. The molecule has 1 aliphatic rings. The molecule has 1 aromatic rings. The van der Waals surface area contributed by atoms with Gasteiger partial charge in [0.25, 0.3) is 0 Å². The second-order valence-corrected chi connectivity index (χ2v) is 7.42. The highest BCUT2D eigenvalue weighted by atomic mass is 32.2. The summed E-state index contributed by atoms with van der Waals surface area (Å²) in [6.07, 6.45) is 0. The molecule has 8 heteroatoms. The first-order chi connectivity index (χ1) is 9.55. The van der Waals surface area contributed by atoms with E-state index in [1.807, 2.05) is 24.3 Å². The zero-order chi connectivity index (χ0) is 14.4. The van der Waals surface area contributed by atoms with E-state index in [0.29, 0.717) is 37.7 Å². The van der Waals surface area contributed by atoms with Crippen LogP contribution < -0.4 is 10.6 Å². The summed E-state index contributed by atoms with van der Waals surface area (Å²) < 4.78 is 29.0. The summed E-state index contributed by atoms with van der Waals surface area (Å²) in [5.74, 6) is 0.586. The van der Waals surface area contributed by atoms with Crippen molar-refractivity contribution in [1.82, 2.24) is 9.84 Å². The molecule has 0 atom stereocenters. The van der Waals surface area contributed by atoms with Gasteiger partial charge in [-0.3, -0.25) is 0 Å². The molecule has 0 bridgehead atoms. The number of thioether (sulfide) groups is 1. The zero-order valence-electron chi connectivity index (χ0n) is 11.1. The van der Waals surface area contributed by atoms with Gasteiger partial charge in [-0.1, -0.05) is 0 Å². The lowest BCUT2D eigenvalue weighted by atomic mass is 10.3. The van der Waals surface area contributed by atoms with Crippen molar-refractivity contribution in [1.29, 1.82) is 0 Å². The molecule has 0 aliphatic carbocycles. The summed E-state index contributed by atoms with van der Waals surface area (Å²) in [5.41, 5.74) is 6.30. The van der Waals surface area contributed by atoms with Crippen LogP contribution in [0.4, 0.5) is 5.69 Å². The van der Waals surface area contributed by atoms with Gasteiger partial charge in [-0.2, -0.15) is 0 Å². The second kappa shape index (κ2) is 7.28. The molecule has 6 nitrogen and oxygen atoms in total. The molecule has 1 fully saturated rings. The topological polar surface area (TPSA) is 84.7 Å². The van der Waals surface area contributed by atoms with Crippen LogP contribution in [0.2, 0.25) is 0 Å². The zero-order valence-corrected chi connectivity index (χ0v) is 12.8. The molecule has 1 heterocycles. The number of hydrogen-bond donors (Lipinski definition) is 2. The summed E-state index contributed by atoms with van der Waals surface area (Å²) in [7, 11) is -3.28. The Morgan fingerprint density at radius 2 is 1.90 bits per heavy atom. The monoisotopic (exact) mass is 317 g/mol. The third kappa shape index (κ3) is 5.29. The fourth-order valence-corrected chi connectivity index (χ4v) is 4.17. The van der Waals surface area contributed by atoms with Crippen molar-refractivity contribution in [3.8, 4) is 0 Å². The van der Waals surface area contributed by atoms with Crippen LogP contribution in [-0.4, -0.2) is 51.2 Å². The summed E-state index contributed by atoms with van der Waals surface area (Å²) >= 11 is 1.50. The number of hydrazine groups is 1. The number of nitrogens with two attached hydrogens (primary N) is 1. The van der Waals surface area contributed by atoms with Crippen molar-refractivity contribution in [3.05, 3.63) is 24.3 Å². The van der Waals surface area contributed by atoms with Gasteiger partial charge in [0.15, 0.2) is 0 Å². The molecule has 20 heavy (non-hydrogen) atoms. The molecule has 0 spiro atoms. The number of nitrogens with one attached hydrogen (secondary N) is 1. The molecule has 0 unspecified atom stereocenters. The van der Waals surface area contributed by atoms with Crippen molar-refractivity contribution < 1.29 is 13.2 Å². The number of nitrogens with zero attached hydrogens (tertiary/aromatic N) is 1. The van der Waals surface area contributed by atoms with Crippen LogP contribution in [-0.2, 0) is 14.8 Å². The Morgan fingerprint density at radius 1 is 1.25 bits per heavy atom. The van der Waals surface area contributed by atoms with Gasteiger partial charge < -0.3 is 10.5 Å². The van der Waals surface area contributed by atoms with Gasteiger partial charge in [0.2, 0.25) is 10.0 Å². The van der Waals surface area contributed by atoms with Crippen LogP contribution in [0.1, 0.15) is 0 Å². The third-order valence-electron chi connectivity index (χ3n) is 2.78. The number of benzene rings is 1. The summed E-state index contributed by atoms with van der Waals surface area (Å²) in [6.45, 7) is 2.29. The van der Waals surface area contributed by atoms with Gasteiger partial charge in [0.1, 0.15) is 0 Å². The van der Waals surface area contributed by atoms with E-state index >= 15 is 0 Å². The predicted octanol–water partition coefficient (Wildman–Crippen LogP) is 0.528. The summed E-state index contributed by atoms with van der Waals surface area (Å²) in [4.78, 5) is 3.60. The predicted molar refractivity (Wildman–Crippen MR) is 80.9 cm³/mol. The average molecular weight is 317 g/mol. The molecule has 0 aromatic heterocycles. The number of anilines is 1. The third-order valence-corrected chi connectivity index (χ3v) is 5.33. The molecule has 1 aliphatic heterocycles. The lowest BCUT2D eigenvalue weighted by Crippen LogP contribution is -2.49. The highest BCUT2D eigenvalue weighted by molar-refractivity contribution is 8.00. The normalized spacial score (nSPS) is 17.2.